The maximum Gasteiger partial charge on any atom is 0.256 e. The Balaban J connectivity index is 2.13. The van der Waals surface area contributed by atoms with Crippen LogP contribution in [0.25, 0.3) is 0 Å². The fourth-order valence-electron chi connectivity index (χ4n) is 4.96. The van der Waals surface area contributed by atoms with Gasteiger partial charge in [0, 0.05) is 6.42 Å². The summed E-state index contributed by atoms with van der Waals surface area (Å²) in [5.74, 6) is 1.56. The lowest BCUT2D eigenvalue weighted by Gasteiger charge is -2.08. The van der Waals surface area contributed by atoms with E-state index >= 15 is 0 Å². The molecule has 0 unspecified atom stereocenters. The first kappa shape index (κ1) is 29.2. The summed E-state index contributed by atoms with van der Waals surface area (Å²) in [6.07, 6.45) is 34.3. The lowest BCUT2D eigenvalue weighted by Crippen LogP contribution is -2.37. The van der Waals surface area contributed by atoms with Crippen LogP contribution in [0.4, 0.5) is 0 Å². The highest BCUT2D eigenvalue weighted by Crippen LogP contribution is 2.14. The van der Waals surface area contributed by atoms with Crippen LogP contribution in [0.15, 0.2) is 12.4 Å². The average Bonchev–Trinajstić information content (AvgIpc) is 3.19. The van der Waals surface area contributed by atoms with Gasteiger partial charge in [0.1, 0.15) is 12.4 Å². The number of aromatic nitrogens is 2. The van der Waals surface area contributed by atoms with E-state index in [1.54, 1.807) is 5.82 Å². The maximum atomic E-state index is 2.57. The Bertz CT molecular complexity index is 517. The molecule has 32 heavy (non-hydrogen) atoms. The number of hydrogen-bond acceptors (Lipinski definition) is 0. The molecule has 1 rings (SSSR count). The minimum atomic E-state index is 0.572. The molecule has 0 spiro atoms. The van der Waals surface area contributed by atoms with Crippen LogP contribution in [0.2, 0.25) is 0 Å². The largest absolute Gasteiger partial charge is 0.256 e. The first-order chi connectivity index (χ1) is 15.7. The molecule has 0 aliphatic rings. The highest BCUT2D eigenvalue weighted by Gasteiger charge is 2.18. The summed E-state index contributed by atoms with van der Waals surface area (Å²) < 4.78 is 5.08. The van der Waals surface area contributed by atoms with Crippen molar-refractivity contribution >= 4 is 0 Å². The normalized spacial score (nSPS) is 11.7. The molecule has 0 radical (unpaired) electrons. The van der Waals surface area contributed by atoms with Gasteiger partial charge in [-0.25, -0.2) is 9.13 Å². The fourth-order valence-corrected chi connectivity index (χ4v) is 4.96. The number of nitrogens with zero attached hydrogens (tertiary/aromatic N) is 2. The van der Waals surface area contributed by atoms with Gasteiger partial charge in [-0.05, 0) is 33.1 Å². The zero-order chi connectivity index (χ0) is 23.3. The summed E-state index contributed by atoms with van der Waals surface area (Å²) >= 11 is 0. The first-order valence-corrected chi connectivity index (χ1v) is 14.8. The van der Waals surface area contributed by atoms with E-state index in [4.69, 9.17) is 0 Å². The van der Waals surface area contributed by atoms with Crippen LogP contribution in [-0.4, -0.2) is 4.57 Å². The molecule has 0 aromatic carbocycles. The summed E-state index contributed by atoms with van der Waals surface area (Å²) in [5.41, 5.74) is 0. The van der Waals surface area contributed by atoms with E-state index in [-0.39, 0.29) is 0 Å². The molecule has 0 saturated heterocycles. The summed E-state index contributed by atoms with van der Waals surface area (Å²) in [6.45, 7) is 10.5. The molecule has 2 heteroatoms. The third-order valence-electron chi connectivity index (χ3n) is 7.10. The molecule has 1 aromatic rings. The summed E-state index contributed by atoms with van der Waals surface area (Å²) in [6, 6.07) is 0.572. The molecule has 0 N–H and O–H groups in total. The van der Waals surface area contributed by atoms with Gasteiger partial charge in [0.15, 0.2) is 0 Å². The Morgan fingerprint density at radius 2 is 1.00 bits per heavy atom. The molecule has 1 heterocycles. The Morgan fingerprint density at radius 1 is 0.594 bits per heavy atom. The van der Waals surface area contributed by atoms with Gasteiger partial charge in [-0.15, -0.1) is 0 Å². The van der Waals surface area contributed by atoms with Crippen molar-refractivity contribution in [2.24, 2.45) is 0 Å². The van der Waals surface area contributed by atoms with Crippen LogP contribution in [-0.2, 0) is 13.0 Å². The van der Waals surface area contributed by atoms with Gasteiger partial charge in [0.05, 0.1) is 12.6 Å². The minimum Gasteiger partial charge on any atom is -0.234 e. The van der Waals surface area contributed by atoms with Crippen LogP contribution in [0, 0.1) is 0 Å². The third-order valence-corrected chi connectivity index (χ3v) is 7.10. The molecule has 0 aliphatic heterocycles. The standard InChI is InChI=1S/C30H59N2/c1-5-7-9-11-13-14-15-16-17-18-20-22-24-26-31-27-28-32(29(3)4)30(31)25-23-21-19-12-10-8-6-2/h27-29H,5-26H2,1-4H3/q+1. The van der Waals surface area contributed by atoms with Crippen LogP contribution in [0.5, 0.6) is 0 Å². The van der Waals surface area contributed by atoms with Crippen molar-refractivity contribution < 1.29 is 4.57 Å². The smallest absolute Gasteiger partial charge is 0.234 e. The highest BCUT2D eigenvalue weighted by molar-refractivity contribution is 4.86. The number of unbranched alkanes of at least 4 members (excludes halogenated alkanes) is 18. The molecule has 0 fully saturated rings. The second-order valence-electron chi connectivity index (χ2n) is 10.5. The van der Waals surface area contributed by atoms with Crippen LogP contribution in [0.1, 0.15) is 168 Å². The average molecular weight is 448 g/mol. The first-order valence-electron chi connectivity index (χ1n) is 14.8. The fraction of sp³-hybridized carbons (Fsp3) is 0.900. The lowest BCUT2D eigenvalue weighted by molar-refractivity contribution is -0.704. The predicted molar refractivity (Wildman–Crippen MR) is 142 cm³/mol. The van der Waals surface area contributed by atoms with Gasteiger partial charge >= 0.3 is 0 Å². The van der Waals surface area contributed by atoms with E-state index in [1.165, 1.54) is 141 Å². The quantitative estimate of drug-likeness (QED) is 0.117. The van der Waals surface area contributed by atoms with Crippen molar-refractivity contribution in [3.05, 3.63) is 18.2 Å². The second-order valence-corrected chi connectivity index (χ2v) is 10.5. The predicted octanol–water partition coefficient (Wildman–Crippen LogP) is 9.74. The third kappa shape index (κ3) is 14.4. The molecule has 0 saturated carbocycles. The highest BCUT2D eigenvalue weighted by atomic mass is 15.2. The SMILES string of the molecule is CCCCCCCCCCCCCCC[n+]1ccn(C(C)C)c1CCCCCCCCC. The van der Waals surface area contributed by atoms with E-state index in [1.807, 2.05) is 0 Å². The van der Waals surface area contributed by atoms with E-state index in [2.05, 4.69) is 49.2 Å². The van der Waals surface area contributed by atoms with Gasteiger partial charge in [0.25, 0.3) is 5.82 Å². The van der Waals surface area contributed by atoms with Gasteiger partial charge in [-0.1, -0.05) is 123 Å². The topological polar surface area (TPSA) is 8.81 Å². The molecule has 0 bridgehead atoms. The van der Waals surface area contributed by atoms with Crippen molar-refractivity contribution in [2.75, 3.05) is 0 Å². The molecule has 0 aliphatic carbocycles. The van der Waals surface area contributed by atoms with E-state index in [0.717, 1.165) is 0 Å². The Labute approximate surface area is 202 Å². The Kier molecular flexibility index (Phi) is 19.0. The van der Waals surface area contributed by atoms with Crippen LogP contribution < -0.4 is 4.57 Å². The Hall–Kier alpha value is -0.790. The van der Waals surface area contributed by atoms with Gasteiger partial charge in [-0.3, -0.25) is 0 Å². The van der Waals surface area contributed by atoms with Crippen LogP contribution in [0.3, 0.4) is 0 Å². The van der Waals surface area contributed by atoms with E-state index in [0.29, 0.717) is 6.04 Å². The summed E-state index contributed by atoms with van der Waals surface area (Å²) in [4.78, 5) is 0. The molecule has 1 aromatic heterocycles. The van der Waals surface area contributed by atoms with Gasteiger partial charge in [0.2, 0.25) is 0 Å². The Morgan fingerprint density at radius 3 is 1.44 bits per heavy atom. The summed E-state index contributed by atoms with van der Waals surface area (Å²) in [5, 5.41) is 0. The maximum absolute atomic E-state index is 2.57. The number of hydrogen-bond donors (Lipinski definition) is 0. The van der Waals surface area contributed by atoms with Crippen molar-refractivity contribution in [2.45, 2.75) is 175 Å². The number of rotatable bonds is 23. The molecular weight excluding hydrogens is 388 g/mol. The summed E-state index contributed by atoms with van der Waals surface area (Å²) in [7, 11) is 0. The van der Waals surface area contributed by atoms with Crippen molar-refractivity contribution in [3.63, 3.8) is 0 Å². The second kappa shape index (κ2) is 20.8. The minimum absolute atomic E-state index is 0.572. The molecule has 0 amide bonds. The monoisotopic (exact) mass is 447 g/mol. The molecule has 0 atom stereocenters. The van der Waals surface area contributed by atoms with E-state index in [9.17, 15) is 0 Å². The zero-order valence-electron chi connectivity index (χ0n) is 22.7. The zero-order valence-corrected chi connectivity index (χ0v) is 22.7. The molecular formula is C30H59N2+. The molecule has 2 nitrogen and oxygen atoms in total. The molecule has 188 valence electrons. The van der Waals surface area contributed by atoms with Crippen molar-refractivity contribution in [1.82, 2.24) is 4.57 Å². The van der Waals surface area contributed by atoms with E-state index < -0.39 is 0 Å². The number of aryl methyl sites for hydroxylation is 1. The van der Waals surface area contributed by atoms with Crippen molar-refractivity contribution in [1.29, 1.82) is 0 Å². The van der Waals surface area contributed by atoms with Crippen molar-refractivity contribution in [3.8, 4) is 0 Å². The lowest BCUT2D eigenvalue weighted by atomic mass is 10.0. The van der Waals surface area contributed by atoms with Gasteiger partial charge < -0.3 is 0 Å². The number of imidazole rings is 1. The van der Waals surface area contributed by atoms with Gasteiger partial charge in [-0.2, -0.15) is 0 Å². The van der Waals surface area contributed by atoms with Crippen LogP contribution >= 0.6 is 0 Å².